The fraction of sp³-hybridized carbons (Fsp3) is 0.217. The van der Waals surface area contributed by atoms with Gasteiger partial charge in [-0.3, -0.25) is 4.79 Å². The van der Waals surface area contributed by atoms with Crippen LogP contribution in [0.5, 0.6) is 5.75 Å². The topological polar surface area (TPSA) is 97.7 Å². The van der Waals surface area contributed by atoms with Crippen LogP contribution in [0.3, 0.4) is 0 Å². The monoisotopic (exact) mass is 431 g/mol. The summed E-state index contributed by atoms with van der Waals surface area (Å²) < 4.78 is 15.7. The first kappa shape index (κ1) is 19.8. The summed E-state index contributed by atoms with van der Waals surface area (Å²) in [5.41, 5.74) is 2.04. The second-order valence-electron chi connectivity index (χ2n) is 7.34. The van der Waals surface area contributed by atoms with Crippen LogP contribution in [0.25, 0.3) is 22.8 Å². The zero-order chi connectivity index (χ0) is 21.9. The number of aromatic nitrogens is 3. The molecule has 5 rings (SSSR count). The van der Waals surface area contributed by atoms with Crippen LogP contribution in [0.2, 0.25) is 0 Å². The predicted octanol–water partition coefficient (Wildman–Crippen LogP) is 3.36. The Hall–Kier alpha value is -4.14. The third kappa shape index (κ3) is 3.92. The Morgan fingerprint density at radius 2 is 1.78 bits per heavy atom. The molecule has 0 saturated carbocycles. The Balaban J connectivity index is 1.20. The van der Waals surface area contributed by atoms with Crippen molar-refractivity contribution in [3.05, 3.63) is 66.6 Å². The zero-order valence-corrected chi connectivity index (χ0v) is 17.5. The van der Waals surface area contributed by atoms with Crippen LogP contribution in [0.1, 0.15) is 10.5 Å². The van der Waals surface area contributed by atoms with Gasteiger partial charge in [0.15, 0.2) is 17.3 Å². The van der Waals surface area contributed by atoms with Crippen LogP contribution in [0, 0.1) is 0 Å². The molecule has 3 aromatic heterocycles. The standard InChI is InChI=1S/C23H21N5O4/c1-30-17-6-4-16(5-7-17)18-8-9-22(25-24-18)27-10-12-28(13-11-27)23(29)19-15-21(32-26-19)20-3-2-14-31-20/h2-9,14-15H,10-13H2,1H3. The number of carbonyl (C=O) groups excluding carboxylic acids is 1. The Kier molecular flexibility index (Phi) is 5.29. The lowest BCUT2D eigenvalue weighted by molar-refractivity contribution is 0.0736. The van der Waals surface area contributed by atoms with Gasteiger partial charge in [0.05, 0.1) is 19.1 Å². The van der Waals surface area contributed by atoms with E-state index in [1.54, 1.807) is 36.5 Å². The first-order valence-corrected chi connectivity index (χ1v) is 10.2. The number of piperazine rings is 1. The maximum atomic E-state index is 12.8. The SMILES string of the molecule is COc1ccc(-c2ccc(N3CCN(C(=O)c4cc(-c5ccco5)on4)CC3)nn2)cc1. The molecule has 1 fully saturated rings. The van der Waals surface area contributed by atoms with Crippen molar-refractivity contribution >= 4 is 11.7 Å². The van der Waals surface area contributed by atoms with E-state index in [0.717, 1.165) is 22.8 Å². The molecule has 0 unspecified atom stereocenters. The van der Waals surface area contributed by atoms with Crippen LogP contribution in [0.4, 0.5) is 5.82 Å². The lowest BCUT2D eigenvalue weighted by atomic mass is 10.1. The molecule has 4 heterocycles. The van der Waals surface area contributed by atoms with Crippen LogP contribution in [-0.4, -0.2) is 59.4 Å². The van der Waals surface area contributed by atoms with Crippen LogP contribution < -0.4 is 9.64 Å². The van der Waals surface area contributed by atoms with Crippen molar-refractivity contribution < 1.29 is 18.5 Å². The van der Waals surface area contributed by atoms with Gasteiger partial charge in [0.2, 0.25) is 5.76 Å². The molecule has 1 aliphatic rings. The van der Waals surface area contributed by atoms with Crippen LogP contribution >= 0.6 is 0 Å². The van der Waals surface area contributed by atoms with E-state index in [-0.39, 0.29) is 11.6 Å². The molecule has 0 bridgehead atoms. The summed E-state index contributed by atoms with van der Waals surface area (Å²) in [5, 5.41) is 12.7. The molecule has 0 atom stereocenters. The van der Waals surface area contributed by atoms with Gasteiger partial charge >= 0.3 is 0 Å². The number of furan rings is 1. The van der Waals surface area contributed by atoms with E-state index < -0.39 is 0 Å². The largest absolute Gasteiger partial charge is 0.497 e. The van der Waals surface area contributed by atoms with Crippen molar-refractivity contribution in [2.24, 2.45) is 0 Å². The zero-order valence-electron chi connectivity index (χ0n) is 17.5. The average molecular weight is 431 g/mol. The fourth-order valence-electron chi connectivity index (χ4n) is 3.62. The molecule has 1 aliphatic heterocycles. The number of nitrogens with zero attached hydrogens (tertiary/aromatic N) is 5. The van der Waals surface area contributed by atoms with E-state index in [1.807, 2.05) is 36.4 Å². The number of hydrogen-bond acceptors (Lipinski definition) is 8. The number of ether oxygens (including phenoxy) is 1. The van der Waals surface area contributed by atoms with Gasteiger partial charge in [-0.25, -0.2) is 0 Å². The van der Waals surface area contributed by atoms with E-state index in [2.05, 4.69) is 20.3 Å². The molecule has 9 nitrogen and oxygen atoms in total. The number of methoxy groups -OCH3 is 1. The highest BCUT2D eigenvalue weighted by Gasteiger charge is 2.26. The van der Waals surface area contributed by atoms with Gasteiger partial charge in [-0.05, 0) is 48.5 Å². The van der Waals surface area contributed by atoms with E-state index in [4.69, 9.17) is 13.7 Å². The summed E-state index contributed by atoms with van der Waals surface area (Å²) in [6, 6.07) is 16.7. The average Bonchev–Trinajstić information content (AvgIpc) is 3.56. The van der Waals surface area contributed by atoms with Gasteiger partial charge in [0.1, 0.15) is 5.75 Å². The molecule has 4 aromatic rings. The Morgan fingerprint density at radius 1 is 0.969 bits per heavy atom. The number of carbonyl (C=O) groups is 1. The van der Waals surface area contributed by atoms with E-state index >= 15 is 0 Å². The van der Waals surface area contributed by atoms with E-state index in [0.29, 0.717) is 37.7 Å². The Labute approximate surface area is 184 Å². The van der Waals surface area contributed by atoms with Gasteiger partial charge in [0.25, 0.3) is 5.91 Å². The number of rotatable bonds is 5. The third-order valence-corrected chi connectivity index (χ3v) is 5.42. The normalized spacial score (nSPS) is 13.9. The lowest BCUT2D eigenvalue weighted by Crippen LogP contribution is -2.49. The number of amides is 1. The summed E-state index contributed by atoms with van der Waals surface area (Å²) in [6.45, 7) is 2.43. The molecular formula is C23H21N5O4. The smallest absolute Gasteiger partial charge is 0.276 e. The second kappa shape index (κ2) is 8.54. The molecule has 9 heteroatoms. The summed E-state index contributed by atoms with van der Waals surface area (Å²) in [6.07, 6.45) is 1.55. The lowest BCUT2D eigenvalue weighted by Gasteiger charge is -2.34. The van der Waals surface area contributed by atoms with Crippen molar-refractivity contribution in [1.29, 1.82) is 0 Å². The van der Waals surface area contributed by atoms with Crippen molar-refractivity contribution in [3.8, 4) is 28.5 Å². The molecule has 0 radical (unpaired) electrons. The fourth-order valence-corrected chi connectivity index (χ4v) is 3.62. The van der Waals surface area contributed by atoms with Crippen molar-refractivity contribution in [3.63, 3.8) is 0 Å². The molecule has 162 valence electrons. The van der Waals surface area contributed by atoms with Gasteiger partial charge in [-0.15, -0.1) is 10.2 Å². The molecule has 0 spiro atoms. The predicted molar refractivity (Wildman–Crippen MR) is 116 cm³/mol. The maximum Gasteiger partial charge on any atom is 0.276 e. The molecule has 0 N–H and O–H groups in total. The number of hydrogen-bond donors (Lipinski definition) is 0. The molecule has 1 aromatic carbocycles. The minimum absolute atomic E-state index is 0.160. The third-order valence-electron chi connectivity index (χ3n) is 5.42. The van der Waals surface area contributed by atoms with Crippen molar-refractivity contribution in [1.82, 2.24) is 20.3 Å². The molecule has 1 saturated heterocycles. The van der Waals surface area contributed by atoms with E-state index in [9.17, 15) is 4.79 Å². The van der Waals surface area contributed by atoms with Crippen molar-refractivity contribution in [2.45, 2.75) is 0 Å². The molecular weight excluding hydrogens is 410 g/mol. The van der Waals surface area contributed by atoms with Gasteiger partial charge < -0.3 is 23.5 Å². The molecule has 0 aliphatic carbocycles. The molecule has 32 heavy (non-hydrogen) atoms. The van der Waals surface area contributed by atoms with Crippen LogP contribution in [-0.2, 0) is 0 Å². The second-order valence-corrected chi connectivity index (χ2v) is 7.34. The van der Waals surface area contributed by atoms with Gasteiger partial charge in [-0.2, -0.15) is 0 Å². The Morgan fingerprint density at radius 3 is 2.44 bits per heavy atom. The van der Waals surface area contributed by atoms with Crippen LogP contribution in [0.15, 0.2) is 69.8 Å². The van der Waals surface area contributed by atoms with Gasteiger partial charge in [0, 0.05) is 37.8 Å². The highest BCUT2D eigenvalue weighted by Crippen LogP contribution is 2.23. The van der Waals surface area contributed by atoms with Gasteiger partial charge in [-0.1, -0.05) is 5.16 Å². The summed E-state index contributed by atoms with van der Waals surface area (Å²) in [7, 11) is 1.64. The first-order chi connectivity index (χ1) is 15.7. The molecule has 1 amide bonds. The number of anilines is 1. The Bertz CT molecular complexity index is 1180. The first-order valence-electron chi connectivity index (χ1n) is 10.2. The van der Waals surface area contributed by atoms with Crippen molar-refractivity contribution in [2.75, 3.05) is 38.2 Å². The minimum atomic E-state index is -0.160. The van der Waals surface area contributed by atoms with E-state index in [1.165, 1.54) is 0 Å². The quantitative estimate of drug-likeness (QED) is 0.474. The summed E-state index contributed by atoms with van der Waals surface area (Å²) in [4.78, 5) is 16.7. The summed E-state index contributed by atoms with van der Waals surface area (Å²) >= 11 is 0. The number of benzene rings is 1. The summed E-state index contributed by atoms with van der Waals surface area (Å²) in [5.74, 6) is 2.40. The maximum absolute atomic E-state index is 12.8. The minimum Gasteiger partial charge on any atom is -0.497 e. The highest BCUT2D eigenvalue weighted by molar-refractivity contribution is 5.93. The highest BCUT2D eigenvalue weighted by atomic mass is 16.5.